The number of nitrogens with two attached hydrogens (primary N) is 1. The van der Waals surface area contributed by atoms with Gasteiger partial charge in [0, 0.05) is 13.0 Å². The number of rotatable bonds is 15. The number of hydrogen-bond acceptors (Lipinski definition) is 13. The zero-order chi connectivity index (χ0) is 30.4. The van der Waals surface area contributed by atoms with E-state index in [-0.39, 0.29) is 36.5 Å². The molecule has 0 saturated carbocycles. The highest BCUT2D eigenvalue weighted by atomic mass is 16.9. The Morgan fingerprint density at radius 3 is 2.56 bits per heavy atom. The first-order chi connectivity index (χ1) is 19.2. The first-order valence-electron chi connectivity index (χ1n) is 13.8. The summed E-state index contributed by atoms with van der Waals surface area (Å²) in [6, 6.07) is -1.07. The number of epoxide rings is 1. The number of hydrogen-bond donors (Lipinski definition) is 2. The first-order valence-corrected chi connectivity index (χ1v) is 13.8. The van der Waals surface area contributed by atoms with E-state index >= 15 is 0 Å². The fourth-order valence-electron chi connectivity index (χ4n) is 4.19. The lowest BCUT2D eigenvalue weighted by Crippen LogP contribution is -2.50. The van der Waals surface area contributed by atoms with Crippen LogP contribution in [0.2, 0.25) is 0 Å². The lowest BCUT2D eigenvalue weighted by molar-refractivity contribution is -0.152. The van der Waals surface area contributed by atoms with Crippen LogP contribution in [0.5, 0.6) is 0 Å². The molecule has 0 aromatic carbocycles. The molecule has 0 bridgehead atoms. The van der Waals surface area contributed by atoms with Crippen LogP contribution in [-0.2, 0) is 39.8 Å². The van der Waals surface area contributed by atoms with Crippen LogP contribution in [0, 0.1) is 5.41 Å². The third-order valence-electron chi connectivity index (χ3n) is 6.28. The Hall–Kier alpha value is -3.07. The highest BCUT2D eigenvalue weighted by Gasteiger charge is 2.62. The van der Waals surface area contributed by atoms with Gasteiger partial charge in [-0.25, -0.2) is 19.7 Å². The fraction of sp³-hybridized carbons (Fsp3) is 0.741. The molecule has 14 nitrogen and oxygen atoms in total. The van der Waals surface area contributed by atoms with Gasteiger partial charge in [0.05, 0.1) is 37.7 Å². The second-order valence-corrected chi connectivity index (χ2v) is 11.7. The number of carbonyl (C=O) groups excluding carboxylic acids is 2. The normalized spacial score (nSPS) is 21.0. The van der Waals surface area contributed by atoms with Gasteiger partial charge in [0.25, 0.3) is 0 Å². The van der Waals surface area contributed by atoms with Crippen LogP contribution in [-0.4, -0.2) is 87.8 Å². The molecule has 0 aliphatic carbocycles. The number of aromatic nitrogens is 4. The standard InChI is InChI=1S/C27H44N6O8/c1-16(2)40-25(35)38-15-39-27(19(5)32-18(4)24(34)37-12-26(6,7)8)20(41-27)9-10-36-17(3)11-33-14-31-21-22(28)29-13-30-23(21)33/h13-14,16-20,32H,9-12,15H2,1-8H3,(H2,28,29,30). The number of carbonyl (C=O) groups is 2. The first kappa shape index (κ1) is 32.4. The monoisotopic (exact) mass is 580 g/mol. The Labute approximate surface area is 240 Å². The Morgan fingerprint density at radius 2 is 1.88 bits per heavy atom. The number of nitrogens with one attached hydrogen (secondary N) is 1. The van der Waals surface area contributed by atoms with Gasteiger partial charge in [-0.05, 0) is 40.0 Å². The summed E-state index contributed by atoms with van der Waals surface area (Å²) in [5.74, 6) is -1.20. The van der Waals surface area contributed by atoms with Gasteiger partial charge >= 0.3 is 12.1 Å². The average Bonchev–Trinajstić information content (AvgIpc) is 3.43. The number of fused-ring (bicyclic) bond motifs is 1. The summed E-state index contributed by atoms with van der Waals surface area (Å²) in [7, 11) is 0. The summed E-state index contributed by atoms with van der Waals surface area (Å²) in [6.45, 7) is 15.7. The molecular formula is C27H44N6O8. The van der Waals surface area contributed by atoms with Crippen molar-refractivity contribution in [3.05, 3.63) is 12.7 Å². The minimum Gasteiger partial charge on any atom is -0.464 e. The number of esters is 1. The van der Waals surface area contributed by atoms with Crippen molar-refractivity contribution in [3.63, 3.8) is 0 Å². The topological polar surface area (TPSA) is 174 Å². The highest BCUT2D eigenvalue weighted by molar-refractivity contribution is 5.81. The minimum absolute atomic E-state index is 0.152. The molecule has 0 amide bonds. The number of anilines is 1. The van der Waals surface area contributed by atoms with Crippen molar-refractivity contribution in [3.8, 4) is 0 Å². The van der Waals surface area contributed by atoms with Crippen LogP contribution in [0.1, 0.15) is 61.8 Å². The fourth-order valence-corrected chi connectivity index (χ4v) is 4.19. The van der Waals surface area contributed by atoms with Crippen molar-refractivity contribution in [1.82, 2.24) is 24.8 Å². The van der Waals surface area contributed by atoms with E-state index < -0.39 is 24.0 Å². The van der Waals surface area contributed by atoms with Crippen molar-refractivity contribution in [1.29, 1.82) is 0 Å². The van der Waals surface area contributed by atoms with Crippen molar-refractivity contribution >= 4 is 29.1 Å². The predicted molar refractivity (Wildman–Crippen MR) is 148 cm³/mol. The van der Waals surface area contributed by atoms with Gasteiger partial charge in [-0.3, -0.25) is 10.1 Å². The van der Waals surface area contributed by atoms with Gasteiger partial charge in [0.2, 0.25) is 5.79 Å². The maximum atomic E-state index is 12.5. The van der Waals surface area contributed by atoms with Gasteiger partial charge in [-0.15, -0.1) is 0 Å². The Kier molecular flexibility index (Phi) is 10.9. The van der Waals surface area contributed by atoms with E-state index in [1.165, 1.54) is 6.33 Å². The third kappa shape index (κ3) is 9.21. The summed E-state index contributed by atoms with van der Waals surface area (Å²) in [4.78, 5) is 36.9. The van der Waals surface area contributed by atoms with E-state index in [2.05, 4.69) is 20.3 Å². The molecule has 1 saturated heterocycles. The predicted octanol–water partition coefficient (Wildman–Crippen LogP) is 2.79. The quantitative estimate of drug-likeness (QED) is 0.179. The maximum absolute atomic E-state index is 12.5. The van der Waals surface area contributed by atoms with Crippen LogP contribution in [0.3, 0.4) is 0 Å². The summed E-state index contributed by atoms with van der Waals surface area (Å²) >= 11 is 0. The van der Waals surface area contributed by atoms with Crippen molar-refractivity contribution in [2.45, 2.75) is 105 Å². The molecule has 0 radical (unpaired) electrons. The molecule has 3 N–H and O–H groups in total. The molecule has 1 fully saturated rings. The summed E-state index contributed by atoms with van der Waals surface area (Å²) in [6.07, 6.45) is 1.84. The number of ether oxygens (including phenoxy) is 6. The Balaban J connectivity index is 1.55. The van der Waals surface area contributed by atoms with Gasteiger partial charge < -0.3 is 38.7 Å². The zero-order valence-electron chi connectivity index (χ0n) is 25.2. The zero-order valence-corrected chi connectivity index (χ0v) is 25.2. The van der Waals surface area contributed by atoms with E-state index in [1.54, 1.807) is 27.1 Å². The third-order valence-corrected chi connectivity index (χ3v) is 6.28. The largest absolute Gasteiger partial charge is 0.510 e. The molecule has 3 rings (SSSR count). The van der Waals surface area contributed by atoms with Gasteiger partial charge in [0.15, 0.2) is 18.3 Å². The molecule has 3 heterocycles. The van der Waals surface area contributed by atoms with E-state index in [4.69, 9.17) is 34.2 Å². The Morgan fingerprint density at radius 1 is 1.15 bits per heavy atom. The van der Waals surface area contributed by atoms with Crippen LogP contribution in [0.4, 0.5) is 10.6 Å². The lowest BCUT2D eigenvalue weighted by Gasteiger charge is -2.26. The molecule has 14 heteroatoms. The molecule has 1 aliphatic rings. The Bertz CT molecular complexity index is 1170. The second-order valence-electron chi connectivity index (χ2n) is 11.7. The molecule has 41 heavy (non-hydrogen) atoms. The average molecular weight is 581 g/mol. The van der Waals surface area contributed by atoms with Crippen molar-refractivity contribution in [2.24, 2.45) is 5.41 Å². The maximum Gasteiger partial charge on any atom is 0.510 e. The molecular weight excluding hydrogens is 536 g/mol. The summed E-state index contributed by atoms with van der Waals surface area (Å²) in [5.41, 5.74) is 6.90. The van der Waals surface area contributed by atoms with E-state index in [9.17, 15) is 9.59 Å². The van der Waals surface area contributed by atoms with Crippen molar-refractivity contribution < 1.29 is 38.0 Å². The molecule has 2 aromatic heterocycles. The molecule has 230 valence electrons. The summed E-state index contributed by atoms with van der Waals surface area (Å²) < 4.78 is 35.3. The second kappa shape index (κ2) is 13.7. The van der Waals surface area contributed by atoms with Crippen LogP contribution >= 0.6 is 0 Å². The number of nitrogen functional groups attached to an aromatic ring is 1. The SMILES string of the molecule is CC(C)OC(=O)OCOC1(C(C)NC(C)C(=O)OCC(C)(C)C)OC1CCOC(C)Cn1cnc2c(N)ncnc21. The lowest BCUT2D eigenvalue weighted by atomic mass is 9.99. The van der Waals surface area contributed by atoms with Gasteiger partial charge in [-0.2, -0.15) is 0 Å². The smallest absolute Gasteiger partial charge is 0.464 e. The molecule has 5 atom stereocenters. The molecule has 2 aromatic rings. The molecule has 1 aliphatic heterocycles. The number of imidazole rings is 1. The minimum atomic E-state index is -1.14. The van der Waals surface area contributed by atoms with Crippen LogP contribution in [0.25, 0.3) is 11.2 Å². The van der Waals surface area contributed by atoms with Gasteiger partial charge in [-0.1, -0.05) is 20.8 Å². The molecule has 5 unspecified atom stereocenters. The van der Waals surface area contributed by atoms with E-state index in [0.717, 1.165) is 0 Å². The number of nitrogens with zero attached hydrogens (tertiary/aromatic N) is 4. The van der Waals surface area contributed by atoms with Crippen molar-refractivity contribution in [2.75, 3.05) is 25.7 Å². The molecule has 0 spiro atoms. The van der Waals surface area contributed by atoms with Crippen LogP contribution < -0.4 is 11.1 Å². The van der Waals surface area contributed by atoms with Crippen LogP contribution in [0.15, 0.2) is 12.7 Å². The summed E-state index contributed by atoms with van der Waals surface area (Å²) in [5, 5.41) is 3.20. The van der Waals surface area contributed by atoms with Gasteiger partial charge in [0.1, 0.15) is 24.0 Å². The van der Waals surface area contributed by atoms with E-state index in [1.807, 2.05) is 39.2 Å². The highest BCUT2D eigenvalue weighted by Crippen LogP contribution is 2.43. The van der Waals surface area contributed by atoms with E-state index in [0.29, 0.717) is 43.2 Å².